The first-order valence-electron chi connectivity index (χ1n) is 7.11. The molecule has 0 unspecified atom stereocenters. The Morgan fingerprint density at radius 1 is 1.23 bits per heavy atom. The van der Waals surface area contributed by atoms with Gasteiger partial charge in [0.15, 0.2) is 12.4 Å². The van der Waals surface area contributed by atoms with Gasteiger partial charge in [-0.15, -0.1) is 0 Å². The Kier molecular flexibility index (Phi) is 6.70. The van der Waals surface area contributed by atoms with Crippen molar-refractivity contribution in [3.8, 4) is 5.75 Å². The third-order valence-corrected chi connectivity index (χ3v) is 3.69. The molecular formula is C16H12Cl2F2N2O4. The smallest absolute Gasteiger partial charge is 0.387 e. The van der Waals surface area contributed by atoms with Gasteiger partial charge >= 0.3 is 12.6 Å². The van der Waals surface area contributed by atoms with Crippen LogP contribution in [0.15, 0.2) is 30.3 Å². The molecule has 6 nitrogen and oxygen atoms in total. The predicted octanol–water partition coefficient (Wildman–Crippen LogP) is 4.09. The quantitative estimate of drug-likeness (QED) is 0.733. The van der Waals surface area contributed by atoms with Crippen LogP contribution in [-0.4, -0.2) is 30.1 Å². The maximum Gasteiger partial charge on any atom is 0.387 e. The minimum atomic E-state index is -3.10. The molecule has 1 heterocycles. The molecule has 0 fully saturated rings. The number of carbonyl (C=O) groups excluding carboxylic acids is 2. The number of nitrogens with one attached hydrogen (secondary N) is 1. The number of para-hydroxylation sites is 1. The topological polar surface area (TPSA) is 77.5 Å². The van der Waals surface area contributed by atoms with E-state index in [2.05, 4.69) is 15.0 Å². The molecule has 2 rings (SSSR count). The van der Waals surface area contributed by atoms with Gasteiger partial charge in [-0.3, -0.25) is 4.79 Å². The summed E-state index contributed by atoms with van der Waals surface area (Å²) in [6, 6.07) is 6.68. The number of ether oxygens (including phenoxy) is 2. The number of amides is 1. The summed E-state index contributed by atoms with van der Waals surface area (Å²) in [7, 11) is 0. The van der Waals surface area contributed by atoms with Crippen molar-refractivity contribution in [2.45, 2.75) is 13.5 Å². The van der Waals surface area contributed by atoms with E-state index in [1.165, 1.54) is 30.3 Å². The first-order valence-corrected chi connectivity index (χ1v) is 7.87. The summed E-state index contributed by atoms with van der Waals surface area (Å²) in [5.74, 6) is -2.02. The molecule has 1 amide bonds. The van der Waals surface area contributed by atoms with Gasteiger partial charge in [0.25, 0.3) is 5.91 Å². The third kappa shape index (κ3) is 5.27. The molecule has 1 aromatic carbocycles. The van der Waals surface area contributed by atoms with Crippen molar-refractivity contribution in [2.75, 3.05) is 11.9 Å². The summed E-state index contributed by atoms with van der Waals surface area (Å²) in [6.07, 6.45) is 0. The number of hydrogen-bond acceptors (Lipinski definition) is 5. The molecule has 1 aromatic heterocycles. The predicted molar refractivity (Wildman–Crippen MR) is 91.0 cm³/mol. The number of esters is 1. The van der Waals surface area contributed by atoms with Gasteiger partial charge in [-0.2, -0.15) is 8.78 Å². The van der Waals surface area contributed by atoms with Crippen molar-refractivity contribution >= 4 is 40.9 Å². The number of alkyl halides is 2. The van der Waals surface area contributed by atoms with Crippen molar-refractivity contribution in [3.63, 3.8) is 0 Å². The van der Waals surface area contributed by atoms with Crippen LogP contribution in [0.5, 0.6) is 5.75 Å². The minimum Gasteiger partial charge on any atom is -0.452 e. The van der Waals surface area contributed by atoms with Crippen molar-refractivity contribution in [2.24, 2.45) is 0 Å². The van der Waals surface area contributed by atoms with E-state index in [4.69, 9.17) is 27.9 Å². The molecule has 10 heteroatoms. The Bertz CT molecular complexity index is 834. The number of benzene rings is 1. The molecule has 2 aromatic rings. The van der Waals surface area contributed by atoms with Crippen molar-refractivity contribution in [3.05, 3.63) is 51.6 Å². The van der Waals surface area contributed by atoms with Gasteiger partial charge in [-0.1, -0.05) is 35.3 Å². The lowest BCUT2D eigenvalue weighted by atomic mass is 10.2. The number of aryl methyl sites for hydroxylation is 1. The lowest BCUT2D eigenvalue weighted by molar-refractivity contribution is -0.119. The summed E-state index contributed by atoms with van der Waals surface area (Å²) < 4.78 is 33.7. The van der Waals surface area contributed by atoms with Crippen molar-refractivity contribution in [1.29, 1.82) is 0 Å². The van der Waals surface area contributed by atoms with E-state index in [1.54, 1.807) is 6.92 Å². The number of rotatable bonds is 6. The Labute approximate surface area is 157 Å². The van der Waals surface area contributed by atoms with Gasteiger partial charge in [-0.05, 0) is 25.1 Å². The Hall–Kier alpha value is -2.45. The molecule has 0 saturated heterocycles. The number of aromatic nitrogens is 1. The molecule has 0 aliphatic rings. The SMILES string of the molecule is Cc1nc(NC(=O)COC(=O)c2ccccc2OC(F)F)c(Cl)cc1Cl. The van der Waals surface area contributed by atoms with Crippen LogP contribution in [0.1, 0.15) is 16.1 Å². The average Bonchev–Trinajstić information content (AvgIpc) is 2.57. The zero-order chi connectivity index (χ0) is 19.3. The molecule has 0 radical (unpaired) electrons. The highest BCUT2D eigenvalue weighted by atomic mass is 35.5. The summed E-state index contributed by atoms with van der Waals surface area (Å²) >= 11 is 11.8. The van der Waals surface area contributed by atoms with E-state index in [0.717, 1.165) is 0 Å². The van der Waals surface area contributed by atoms with E-state index >= 15 is 0 Å². The normalized spacial score (nSPS) is 10.5. The molecule has 0 saturated carbocycles. The van der Waals surface area contributed by atoms with Gasteiger partial charge in [-0.25, -0.2) is 9.78 Å². The van der Waals surface area contributed by atoms with Crippen molar-refractivity contribution < 1.29 is 27.8 Å². The van der Waals surface area contributed by atoms with Gasteiger partial charge < -0.3 is 14.8 Å². The van der Waals surface area contributed by atoms with Crippen LogP contribution in [0.2, 0.25) is 10.0 Å². The Morgan fingerprint density at radius 2 is 1.92 bits per heavy atom. The largest absolute Gasteiger partial charge is 0.452 e. The molecule has 0 aliphatic heterocycles. The fourth-order valence-electron chi connectivity index (χ4n) is 1.86. The molecule has 26 heavy (non-hydrogen) atoms. The lowest BCUT2D eigenvalue weighted by Gasteiger charge is -2.11. The second-order valence-electron chi connectivity index (χ2n) is 4.89. The number of halogens is 4. The highest BCUT2D eigenvalue weighted by Crippen LogP contribution is 2.25. The summed E-state index contributed by atoms with van der Waals surface area (Å²) in [5.41, 5.74) is 0.209. The number of pyridine rings is 1. The lowest BCUT2D eigenvalue weighted by Crippen LogP contribution is -2.22. The first-order chi connectivity index (χ1) is 12.3. The highest BCUT2D eigenvalue weighted by Gasteiger charge is 2.18. The molecule has 1 N–H and O–H groups in total. The second kappa shape index (κ2) is 8.77. The van der Waals surface area contributed by atoms with Crippen LogP contribution in [0.25, 0.3) is 0 Å². The van der Waals surface area contributed by atoms with Crippen LogP contribution in [-0.2, 0) is 9.53 Å². The van der Waals surface area contributed by atoms with Crippen molar-refractivity contribution in [1.82, 2.24) is 4.98 Å². The van der Waals surface area contributed by atoms with Gasteiger partial charge in [0.05, 0.1) is 15.7 Å². The van der Waals surface area contributed by atoms with E-state index in [0.29, 0.717) is 10.7 Å². The fraction of sp³-hybridized carbons (Fsp3) is 0.188. The molecule has 0 aliphatic carbocycles. The third-order valence-electron chi connectivity index (χ3n) is 3.02. The Morgan fingerprint density at radius 3 is 2.62 bits per heavy atom. The molecular weight excluding hydrogens is 393 g/mol. The van der Waals surface area contributed by atoms with Gasteiger partial charge in [0.1, 0.15) is 11.3 Å². The molecule has 138 valence electrons. The van der Waals surface area contributed by atoms with E-state index < -0.39 is 25.1 Å². The Balaban J connectivity index is 2.00. The number of hydrogen-bond donors (Lipinski definition) is 1. The molecule has 0 bridgehead atoms. The van der Waals surface area contributed by atoms with Crippen LogP contribution in [0, 0.1) is 6.92 Å². The average molecular weight is 405 g/mol. The van der Waals surface area contributed by atoms with Crippen LogP contribution in [0.3, 0.4) is 0 Å². The summed E-state index contributed by atoms with van der Waals surface area (Å²) in [4.78, 5) is 27.9. The summed E-state index contributed by atoms with van der Waals surface area (Å²) in [6.45, 7) is -2.16. The van der Waals surface area contributed by atoms with Gasteiger partial charge in [0, 0.05) is 0 Å². The first kappa shape index (κ1) is 19.9. The maximum absolute atomic E-state index is 12.4. The minimum absolute atomic E-state index is 0.0519. The van der Waals surface area contributed by atoms with Gasteiger partial charge in [0.2, 0.25) is 0 Å². The standard InChI is InChI=1S/C16H12Cl2F2N2O4/c1-8-10(17)6-11(18)14(21-8)22-13(23)7-25-15(24)9-4-2-3-5-12(9)26-16(19)20/h2-6,16H,7H2,1H3,(H,21,22,23). The fourth-order valence-corrected chi connectivity index (χ4v) is 2.26. The highest BCUT2D eigenvalue weighted by molar-refractivity contribution is 6.36. The summed E-state index contributed by atoms with van der Waals surface area (Å²) in [5, 5.41) is 2.80. The van der Waals surface area contributed by atoms with Crippen LogP contribution in [0.4, 0.5) is 14.6 Å². The van der Waals surface area contributed by atoms with E-state index in [-0.39, 0.29) is 22.2 Å². The second-order valence-corrected chi connectivity index (χ2v) is 5.70. The van der Waals surface area contributed by atoms with Crippen LogP contribution >= 0.6 is 23.2 Å². The maximum atomic E-state index is 12.4. The zero-order valence-electron chi connectivity index (χ0n) is 13.3. The number of carbonyl (C=O) groups is 2. The number of anilines is 1. The zero-order valence-corrected chi connectivity index (χ0v) is 14.8. The van der Waals surface area contributed by atoms with E-state index in [9.17, 15) is 18.4 Å². The monoisotopic (exact) mass is 404 g/mol. The molecule has 0 atom stereocenters. The molecule has 0 spiro atoms. The van der Waals surface area contributed by atoms with Crippen LogP contribution < -0.4 is 10.1 Å². The number of nitrogens with zero attached hydrogens (tertiary/aromatic N) is 1. The van der Waals surface area contributed by atoms with E-state index in [1.807, 2.05) is 0 Å².